The van der Waals surface area contributed by atoms with Gasteiger partial charge in [0.25, 0.3) is 0 Å². The normalized spacial score (nSPS) is 30.5. The maximum atomic E-state index is 11.7. The quantitative estimate of drug-likeness (QED) is 0.693. The van der Waals surface area contributed by atoms with Gasteiger partial charge in [-0.2, -0.15) is 0 Å². The van der Waals surface area contributed by atoms with Crippen molar-refractivity contribution in [3.05, 3.63) is 0 Å². The average molecular weight is 244 g/mol. The van der Waals surface area contributed by atoms with Gasteiger partial charge in [0.15, 0.2) is 0 Å². The predicted molar refractivity (Wildman–Crippen MR) is 60.2 cm³/mol. The van der Waals surface area contributed by atoms with Gasteiger partial charge in [0, 0.05) is 0 Å². The molecule has 3 atom stereocenters. The molecule has 0 bridgehead atoms. The Labute approximate surface area is 101 Å². The zero-order valence-corrected chi connectivity index (χ0v) is 10.8. The largest absolute Gasteiger partial charge is 0.469 e. The molecule has 1 rings (SSSR count). The van der Waals surface area contributed by atoms with E-state index in [0.29, 0.717) is 19.6 Å². The number of esters is 2. The minimum Gasteiger partial charge on any atom is -0.469 e. The fourth-order valence-corrected chi connectivity index (χ4v) is 2.22. The van der Waals surface area contributed by atoms with Crippen molar-refractivity contribution >= 4 is 11.9 Å². The van der Waals surface area contributed by atoms with Crippen LogP contribution in [0, 0.1) is 17.3 Å². The van der Waals surface area contributed by atoms with E-state index in [2.05, 4.69) is 0 Å². The van der Waals surface area contributed by atoms with Crippen molar-refractivity contribution < 1.29 is 23.8 Å². The monoisotopic (exact) mass is 244 g/mol. The Hall–Kier alpha value is -1.10. The van der Waals surface area contributed by atoms with Crippen molar-refractivity contribution in [3.63, 3.8) is 0 Å². The van der Waals surface area contributed by atoms with Crippen LogP contribution in [0.15, 0.2) is 0 Å². The molecular weight excluding hydrogens is 224 g/mol. The molecule has 17 heavy (non-hydrogen) atoms. The number of ether oxygens (including phenoxy) is 3. The fourth-order valence-electron chi connectivity index (χ4n) is 2.22. The first-order valence-electron chi connectivity index (χ1n) is 5.68. The Morgan fingerprint density at radius 1 is 1.35 bits per heavy atom. The Balaban J connectivity index is 2.72. The molecule has 5 heteroatoms. The van der Waals surface area contributed by atoms with Crippen LogP contribution in [0.1, 0.15) is 20.3 Å². The zero-order valence-electron chi connectivity index (χ0n) is 10.8. The lowest BCUT2D eigenvalue weighted by atomic mass is 9.75. The van der Waals surface area contributed by atoms with Crippen LogP contribution >= 0.6 is 0 Å². The van der Waals surface area contributed by atoms with Gasteiger partial charge in [-0.05, 0) is 19.3 Å². The Bertz CT molecular complexity index is 301. The third kappa shape index (κ3) is 2.97. The second-order valence-electron chi connectivity index (χ2n) is 4.84. The van der Waals surface area contributed by atoms with Crippen molar-refractivity contribution in [2.45, 2.75) is 20.3 Å². The summed E-state index contributed by atoms with van der Waals surface area (Å²) in [5, 5.41) is 0. The molecule has 0 radical (unpaired) electrons. The highest BCUT2D eigenvalue weighted by Gasteiger charge is 2.43. The van der Waals surface area contributed by atoms with E-state index < -0.39 is 5.41 Å². The van der Waals surface area contributed by atoms with Gasteiger partial charge < -0.3 is 14.2 Å². The van der Waals surface area contributed by atoms with Crippen LogP contribution in [0.5, 0.6) is 0 Å². The van der Waals surface area contributed by atoms with Crippen molar-refractivity contribution in [3.8, 4) is 0 Å². The van der Waals surface area contributed by atoms with Gasteiger partial charge >= 0.3 is 11.9 Å². The summed E-state index contributed by atoms with van der Waals surface area (Å²) in [5.41, 5.74) is -0.667. The SMILES string of the molecule is COC(=O)C(C)C1COCC(C)(C(=O)OC)C1. The minimum absolute atomic E-state index is 0.0136. The Kier molecular flexibility index (Phi) is 4.51. The minimum atomic E-state index is -0.667. The molecule has 0 amide bonds. The van der Waals surface area contributed by atoms with Gasteiger partial charge in [0.1, 0.15) is 0 Å². The van der Waals surface area contributed by atoms with E-state index in [0.717, 1.165) is 0 Å². The summed E-state index contributed by atoms with van der Waals surface area (Å²) >= 11 is 0. The third-order valence-corrected chi connectivity index (χ3v) is 3.42. The smallest absolute Gasteiger partial charge is 0.313 e. The maximum Gasteiger partial charge on any atom is 0.313 e. The van der Waals surface area contributed by atoms with E-state index in [4.69, 9.17) is 14.2 Å². The van der Waals surface area contributed by atoms with Gasteiger partial charge in [0.2, 0.25) is 0 Å². The predicted octanol–water partition coefficient (Wildman–Crippen LogP) is 1.01. The zero-order chi connectivity index (χ0) is 13.1. The van der Waals surface area contributed by atoms with Gasteiger partial charge in [-0.3, -0.25) is 9.59 Å². The van der Waals surface area contributed by atoms with E-state index in [9.17, 15) is 9.59 Å². The number of hydrogen-bond acceptors (Lipinski definition) is 5. The van der Waals surface area contributed by atoms with Crippen LogP contribution in [-0.2, 0) is 23.8 Å². The van der Waals surface area contributed by atoms with E-state index in [1.54, 1.807) is 13.8 Å². The number of rotatable bonds is 3. The van der Waals surface area contributed by atoms with Crippen LogP contribution in [0.3, 0.4) is 0 Å². The maximum absolute atomic E-state index is 11.7. The molecule has 1 saturated heterocycles. The molecule has 5 nitrogen and oxygen atoms in total. The third-order valence-electron chi connectivity index (χ3n) is 3.42. The van der Waals surface area contributed by atoms with Crippen molar-refractivity contribution in [1.29, 1.82) is 0 Å². The van der Waals surface area contributed by atoms with E-state index in [1.807, 2.05) is 0 Å². The second-order valence-corrected chi connectivity index (χ2v) is 4.84. The van der Waals surface area contributed by atoms with Crippen molar-refractivity contribution in [2.24, 2.45) is 17.3 Å². The van der Waals surface area contributed by atoms with E-state index in [1.165, 1.54) is 14.2 Å². The first kappa shape index (κ1) is 14.0. The van der Waals surface area contributed by atoms with E-state index in [-0.39, 0.29) is 23.8 Å². The van der Waals surface area contributed by atoms with Crippen LogP contribution in [0.25, 0.3) is 0 Å². The van der Waals surface area contributed by atoms with Crippen LogP contribution in [-0.4, -0.2) is 39.4 Å². The Morgan fingerprint density at radius 3 is 2.53 bits per heavy atom. The highest BCUT2D eigenvalue weighted by molar-refractivity contribution is 5.77. The summed E-state index contributed by atoms with van der Waals surface area (Å²) in [6, 6.07) is 0. The molecule has 3 unspecified atom stereocenters. The molecule has 1 aliphatic rings. The highest BCUT2D eigenvalue weighted by atomic mass is 16.5. The molecule has 98 valence electrons. The molecule has 0 aromatic rings. The lowest BCUT2D eigenvalue weighted by Crippen LogP contribution is -2.44. The molecular formula is C12H20O5. The molecule has 1 fully saturated rings. The average Bonchev–Trinajstić information content (AvgIpc) is 2.35. The lowest BCUT2D eigenvalue weighted by molar-refractivity contribution is -0.167. The summed E-state index contributed by atoms with van der Waals surface area (Å²) < 4.78 is 14.9. The Morgan fingerprint density at radius 2 is 2.00 bits per heavy atom. The molecule has 1 heterocycles. The number of hydrogen-bond donors (Lipinski definition) is 0. The lowest BCUT2D eigenvalue weighted by Gasteiger charge is -2.37. The number of carbonyl (C=O) groups excluding carboxylic acids is 2. The van der Waals surface area contributed by atoms with Crippen molar-refractivity contribution in [2.75, 3.05) is 27.4 Å². The summed E-state index contributed by atoms with van der Waals surface area (Å²) in [7, 11) is 2.73. The fraction of sp³-hybridized carbons (Fsp3) is 0.833. The topological polar surface area (TPSA) is 61.8 Å². The molecule has 0 spiro atoms. The molecule has 0 aliphatic carbocycles. The van der Waals surface area contributed by atoms with Crippen LogP contribution in [0.2, 0.25) is 0 Å². The molecule has 0 N–H and O–H groups in total. The number of carbonyl (C=O) groups is 2. The summed E-state index contributed by atoms with van der Waals surface area (Å²) in [5.74, 6) is -0.850. The number of methoxy groups -OCH3 is 2. The standard InChI is InChI=1S/C12H20O5/c1-8(10(13)15-3)9-5-12(2,7-17-6-9)11(14)16-4/h8-9H,5-7H2,1-4H3. The molecule has 0 saturated carbocycles. The van der Waals surface area contributed by atoms with Crippen molar-refractivity contribution in [1.82, 2.24) is 0 Å². The van der Waals surface area contributed by atoms with Gasteiger partial charge in [-0.15, -0.1) is 0 Å². The summed E-state index contributed by atoms with van der Waals surface area (Å²) in [6.07, 6.45) is 0.579. The second kappa shape index (κ2) is 5.49. The first-order valence-corrected chi connectivity index (χ1v) is 5.68. The van der Waals surface area contributed by atoms with Gasteiger partial charge in [0.05, 0.1) is 38.8 Å². The van der Waals surface area contributed by atoms with E-state index >= 15 is 0 Å². The molecule has 1 aliphatic heterocycles. The van der Waals surface area contributed by atoms with Crippen LogP contribution < -0.4 is 0 Å². The summed E-state index contributed by atoms with van der Waals surface area (Å²) in [6.45, 7) is 4.41. The van der Waals surface area contributed by atoms with Gasteiger partial charge in [-0.1, -0.05) is 6.92 Å². The summed E-state index contributed by atoms with van der Waals surface area (Å²) in [4.78, 5) is 23.1. The van der Waals surface area contributed by atoms with Crippen LogP contribution in [0.4, 0.5) is 0 Å². The first-order chi connectivity index (χ1) is 7.94. The van der Waals surface area contributed by atoms with Gasteiger partial charge in [-0.25, -0.2) is 0 Å². The molecule has 0 aromatic heterocycles. The highest BCUT2D eigenvalue weighted by Crippen LogP contribution is 2.36. The molecule has 0 aromatic carbocycles.